The van der Waals surface area contributed by atoms with Crippen LogP contribution in [-0.4, -0.2) is 0 Å². The molecule has 1 nitrogen and oxygen atoms in total. The highest BCUT2D eigenvalue weighted by molar-refractivity contribution is 9.10. The average Bonchev–Trinajstić information content (AvgIpc) is 2.38. The lowest BCUT2D eigenvalue weighted by Crippen LogP contribution is -2.18. The largest absolute Gasteiger partial charge is 0.306 e. The normalized spacial score (nSPS) is 12.4. The summed E-state index contributed by atoms with van der Waals surface area (Å²) in [4.78, 5) is 0. The molecule has 0 aliphatic carbocycles. The fraction of sp³-hybridized carbons (Fsp3) is 0.250. The minimum absolute atomic E-state index is 0.369. The fourth-order valence-corrected chi connectivity index (χ4v) is 2.19. The molecule has 0 saturated heterocycles. The Balaban J connectivity index is 1.96. The average molecular weight is 304 g/mol. The van der Waals surface area contributed by atoms with Crippen molar-refractivity contribution >= 4 is 15.9 Å². The Morgan fingerprint density at radius 2 is 1.83 bits per heavy atom. The molecule has 94 valence electrons. The van der Waals surface area contributed by atoms with Crippen molar-refractivity contribution in [1.82, 2.24) is 5.32 Å². The van der Waals surface area contributed by atoms with Crippen molar-refractivity contribution in [2.75, 3.05) is 0 Å². The van der Waals surface area contributed by atoms with Crippen LogP contribution in [0.3, 0.4) is 0 Å². The van der Waals surface area contributed by atoms with Crippen molar-refractivity contribution in [3.8, 4) is 0 Å². The molecule has 1 N–H and O–H groups in total. The molecular weight excluding hydrogens is 286 g/mol. The standard InChI is InChI=1S/C16H18BrN/c1-12-4-3-5-15(10-12)13(2)18-11-14-6-8-16(17)9-7-14/h3-10,13,18H,11H2,1-2H3/t13-/m1/s1. The highest BCUT2D eigenvalue weighted by Gasteiger charge is 2.04. The Labute approximate surface area is 117 Å². The summed E-state index contributed by atoms with van der Waals surface area (Å²) >= 11 is 3.45. The van der Waals surface area contributed by atoms with Crippen molar-refractivity contribution in [2.24, 2.45) is 0 Å². The van der Waals surface area contributed by atoms with E-state index in [0.717, 1.165) is 11.0 Å². The highest BCUT2D eigenvalue weighted by atomic mass is 79.9. The smallest absolute Gasteiger partial charge is 0.0295 e. The van der Waals surface area contributed by atoms with Gasteiger partial charge in [0.1, 0.15) is 0 Å². The number of aryl methyl sites for hydroxylation is 1. The van der Waals surface area contributed by atoms with Crippen LogP contribution in [0.25, 0.3) is 0 Å². The summed E-state index contributed by atoms with van der Waals surface area (Å²) in [5.41, 5.74) is 3.95. The van der Waals surface area contributed by atoms with Gasteiger partial charge >= 0.3 is 0 Å². The van der Waals surface area contributed by atoms with E-state index in [1.807, 2.05) is 0 Å². The zero-order chi connectivity index (χ0) is 13.0. The van der Waals surface area contributed by atoms with E-state index in [0.29, 0.717) is 6.04 Å². The lowest BCUT2D eigenvalue weighted by atomic mass is 10.1. The van der Waals surface area contributed by atoms with Crippen LogP contribution in [0.15, 0.2) is 53.0 Å². The Morgan fingerprint density at radius 1 is 1.11 bits per heavy atom. The third-order valence-corrected chi connectivity index (χ3v) is 3.60. The van der Waals surface area contributed by atoms with E-state index >= 15 is 0 Å². The maximum absolute atomic E-state index is 3.55. The molecule has 0 aromatic heterocycles. The van der Waals surface area contributed by atoms with Gasteiger partial charge in [0.15, 0.2) is 0 Å². The Kier molecular flexibility index (Phi) is 4.56. The molecule has 1 atom stereocenters. The number of hydrogen-bond acceptors (Lipinski definition) is 1. The van der Waals surface area contributed by atoms with E-state index in [-0.39, 0.29) is 0 Å². The quantitative estimate of drug-likeness (QED) is 0.870. The van der Waals surface area contributed by atoms with Crippen molar-refractivity contribution in [1.29, 1.82) is 0 Å². The number of benzene rings is 2. The van der Waals surface area contributed by atoms with Gasteiger partial charge in [0.25, 0.3) is 0 Å². The molecule has 0 bridgehead atoms. The Morgan fingerprint density at radius 3 is 2.50 bits per heavy atom. The molecule has 0 spiro atoms. The second kappa shape index (κ2) is 6.17. The third kappa shape index (κ3) is 3.69. The molecular formula is C16H18BrN. The minimum atomic E-state index is 0.369. The number of nitrogens with one attached hydrogen (secondary N) is 1. The molecule has 2 heteroatoms. The predicted octanol–water partition coefficient (Wildman–Crippen LogP) is 4.61. The molecule has 0 fully saturated rings. The molecule has 2 aromatic rings. The van der Waals surface area contributed by atoms with Crippen LogP contribution in [0.5, 0.6) is 0 Å². The lowest BCUT2D eigenvalue weighted by molar-refractivity contribution is 0.574. The molecule has 18 heavy (non-hydrogen) atoms. The first-order valence-electron chi connectivity index (χ1n) is 6.19. The highest BCUT2D eigenvalue weighted by Crippen LogP contribution is 2.15. The van der Waals surface area contributed by atoms with Crippen LogP contribution in [0.2, 0.25) is 0 Å². The van der Waals surface area contributed by atoms with Crippen LogP contribution in [0.4, 0.5) is 0 Å². The first-order valence-corrected chi connectivity index (χ1v) is 6.99. The van der Waals surface area contributed by atoms with Gasteiger partial charge in [-0.25, -0.2) is 0 Å². The minimum Gasteiger partial charge on any atom is -0.306 e. The van der Waals surface area contributed by atoms with Gasteiger partial charge in [-0.1, -0.05) is 57.9 Å². The Hall–Kier alpha value is -1.12. The fourth-order valence-electron chi connectivity index (χ4n) is 1.93. The lowest BCUT2D eigenvalue weighted by Gasteiger charge is -2.15. The van der Waals surface area contributed by atoms with Crippen molar-refractivity contribution in [2.45, 2.75) is 26.4 Å². The number of halogens is 1. The van der Waals surface area contributed by atoms with Gasteiger partial charge in [-0.3, -0.25) is 0 Å². The molecule has 0 saturated carbocycles. The van der Waals surface area contributed by atoms with E-state index < -0.39 is 0 Å². The van der Waals surface area contributed by atoms with E-state index in [4.69, 9.17) is 0 Å². The van der Waals surface area contributed by atoms with E-state index in [2.05, 4.69) is 83.6 Å². The maximum Gasteiger partial charge on any atom is 0.0295 e. The van der Waals surface area contributed by atoms with Gasteiger partial charge in [-0.15, -0.1) is 0 Å². The summed E-state index contributed by atoms with van der Waals surface area (Å²) in [5, 5.41) is 3.55. The first kappa shape index (κ1) is 13.3. The van der Waals surface area contributed by atoms with Gasteiger partial charge in [-0.05, 0) is 37.1 Å². The van der Waals surface area contributed by atoms with Gasteiger partial charge < -0.3 is 5.32 Å². The summed E-state index contributed by atoms with van der Waals surface area (Å²) in [6.07, 6.45) is 0. The third-order valence-electron chi connectivity index (χ3n) is 3.07. The van der Waals surface area contributed by atoms with E-state index in [1.54, 1.807) is 0 Å². The topological polar surface area (TPSA) is 12.0 Å². The maximum atomic E-state index is 3.55. The van der Waals surface area contributed by atoms with Gasteiger partial charge in [0, 0.05) is 17.1 Å². The molecule has 0 aliphatic rings. The second-order valence-corrected chi connectivity index (χ2v) is 5.56. The van der Waals surface area contributed by atoms with Gasteiger partial charge in [-0.2, -0.15) is 0 Å². The van der Waals surface area contributed by atoms with Crippen molar-refractivity contribution < 1.29 is 0 Å². The first-order chi connectivity index (χ1) is 8.65. The van der Waals surface area contributed by atoms with Crippen LogP contribution < -0.4 is 5.32 Å². The zero-order valence-corrected chi connectivity index (χ0v) is 12.4. The van der Waals surface area contributed by atoms with Crippen LogP contribution >= 0.6 is 15.9 Å². The summed E-state index contributed by atoms with van der Waals surface area (Å²) in [7, 11) is 0. The molecule has 2 aromatic carbocycles. The molecule has 0 aliphatic heterocycles. The van der Waals surface area contributed by atoms with Crippen molar-refractivity contribution in [3.63, 3.8) is 0 Å². The van der Waals surface area contributed by atoms with Gasteiger partial charge in [0.05, 0.1) is 0 Å². The molecule has 2 rings (SSSR count). The SMILES string of the molecule is Cc1cccc([C@@H](C)NCc2ccc(Br)cc2)c1. The van der Waals surface area contributed by atoms with E-state index in [1.165, 1.54) is 16.7 Å². The number of hydrogen-bond donors (Lipinski definition) is 1. The monoisotopic (exact) mass is 303 g/mol. The summed E-state index contributed by atoms with van der Waals surface area (Å²) in [6.45, 7) is 5.22. The Bertz CT molecular complexity index is 505. The van der Waals surface area contributed by atoms with Crippen LogP contribution in [-0.2, 0) is 6.54 Å². The van der Waals surface area contributed by atoms with E-state index in [9.17, 15) is 0 Å². The molecule has 0 radical (unpaired) electrons. The zero-order valence-electron chi connectivity index (χ0n) is 10.8. The molecule has 0 heterocycles. The van der Waals surface area contributed by atoms with Crippen LogP contribution in [0, 0.1) is 6.92 Å². The van der Waals surface area contributed by atoms with Crippen molar-refractivity contribution in [3.05, 3.63) is 69.7 Å². The summed E-state index contributed by atoms with van der Waals surface area (Å²) in [5.74, 6) is 0. The van der Waals surface area contributed by atoms with Crippen LogP contribution in [0.1, 0.15) is 29.7 Å². The summed E-state index contributed by atoms with van der Waals surface area (Å²) in [6, 6.07) is 17.5. The summed E-state index contributed by atoms with van der Waals surface area (Å²) < 4.78 is 1.12. The molecule has 0 amide bonds. The number of rotatable bonds is 4. The van der Waals surface area contributed by atoms with Gasteiger partial charge in [0.2, 0.25) is 0 Å². The second-order valence-electron chi connectivity index (χ2n) is 4.64. The molecule has 0 unspecified atom stereocenters. The predicted molar refractivity (Wildman–Crippen MR) is 80.6 cm³/mol.